The number of rotatable bonds is 4. The maximum absolute atomic E-state index is 12.5. The molecule has 0 aromatic heterocycles. The number of hydrogen-bond donors (Lipinski definition) is 2. The summed E-state index contributed by atoms with van der Waals surface area (Å²) in [5, 5.41) is 7.04. The van der Waals surface area contributed by atoms with Gasteiger partial charge in [0.15, 0.2) is 0 Å². The summed E-state index contributed by atoms with van der Waals surface area (Å²) in [6.07, 6.45) is 1.19. The maximum atomic E-state index is 12.5. The molecule has 2 aliphatic rings. The number of carbonyl (C=O) groups excluding carboxylic acids is 3. The number of thioether (sulfide) groups is 1. The molecule has 0 bridgehead atoms. The largest absolute Gasteiger partial charge is 0.381 e. The van der Waals surface area contributed by atoms with Crippen molar-refractivity contribution in [2.45, 2.75) is 17.7 Å². The Morgan fingerprint density at radius 1 is 1.19 bits per heavy atom. The molecule has 0 saturated carbocycles. The van der Waals surface area contributed by atoms with E-state index in [1.807, 2.05) is 0 Å². The van der Waals surface area contributed by atoms with Crippen LogP contribution in [0.1, 0.15) is 12.8 Å². The van der Waals surface area contributed by atoms with E-state index >= 15 is 0 Å². The standard InChI is InChI=1S/C16H17N3O6S2/c17-27(23,24)12-3-1-11(2-4-12)18-13(20)9-19-15(21)14(26-16(19)22)10-5-7-25-8-6-10/h1-4H,5-9H2,(H,18,20)(H2,17,23,24). The van der Waals surface area contributed by atoms with Gasteiger partial charge in [-0.25, -0.2) is 13.6 Å². The number of nitrogens with one attached hydrogen (secondary N) is 1. The summed E-state index contributed by atoms with van der Waals surface area (Å²) in [7, 11) is -3.83. The van der Waals surface area contributed by atoms with E-state index in [1.54, 1.807) is 0 Å². The molecule has 11 heteroatoms. The van der Waals surface area contributed by atoms with Gasteiger partial charge in [0.1, 0.15) is 6.54 Å². The van der Waals surface area contributed by atoms with Gasteiger partial charge in [-0.1, -0.05) is 0 Å². The first-order valence-corrected chi connectivity index (χ1v) is 10.4. The molecular formula is C16H17N3O6S2. The van der Waals surface area contributed by atoms with Crippen molar-refractivity contribution in [3.05, 3.63) is 34.7 Å². The molecule has 1 aromatic rings. The third-order valence-electron chi connectivity index (χ3n) is 4.03. The maximum Gasteiger partial charge on any atom is 0.294 e. The lowest BCUT2D eigenvalue weighted by Crippen LogP contribution is -2.36. The highest BCUT2D eigenvalue weighted by molar-refractivity contribution is 8.18. The summed E-state index contributed by atoms with van der Waals surface area (Å²) in [5.41, 5.74) is 1.20. The second-order valence-corrected chi connectivity index (χ2v) is 8.44. The van der Waals surface area contributed by atoms with Gasteiger partial charge in [0.25, 0.3) is 11.1 Å². The minimum atomic E-state index is -3.83. The minimum Gasteiger partial charge on any atom is -0.381 e. The van der Waals surface area contributed by atoms with Crippen LogP contribution in [0, 0.1) is 0 Å². The summed E-state index contributed by atoms with van der Waals surface area (Å²) in [5.74, 6) is -1.04. The van der Waals surface area contributed by atoms with Crippen LogP contribution in [0.2, 0.25) is 0 Å². The molecule has 2 heterocycles. The first kappa shape index (κ1) is 19.5. The molecule has 9 nitrogen and oxygen atoms in total. The molecule has 0 atom stereocenters. The highest BCUT2D eigenvalue weighted by Crippen LogP contribution is 2.35. The summed E-state index contributed by atoms with van der Waals surface area (Å²) < 4.78 is 27.7. The van der Waals surface area contributed by atoms with Crippen molar-refractivity contribution < 1.29 is 27.5 Å². The van der Waals surface area contributed by atoms with E-state index in [0.29, 0.717) is 36.6 Å². The fraction of sp³-hybridized carbons (Fsp3) is 0.312. The molecular weight excluding hydrogens is 394 g/mol. The van der Waals surface area contributed by atoms with E-state index < -0.39 is 33.6 Å². The van der Waals surface area contributed by atoms with Crippen LogP contribution < -0.4 is 10.5 Å². The molecule has 144 valence electrons. The molecule has 0 spiro atoms. The van der Waals surface area contributed by atoms with Gasteiger partial charge in [0, 0.05) is 5.69 Å². The zero-order chi connectivity index (χ0) is 19.6. The van der Waals surface area contributed by atoms with Crippen LogP contribution in [0.5, 0.6) is 0 Å². The van der Waals surface area contributed by atoms with E-state index in [1.165, 1.54) is 24.3 Å². The second-order valence-electron chi connectivity index (χ2n) is 5.92. The van der Waals surface area contributed by atoms with Gasteiger partial charge in [-0.15, -0.1) is 0 Å². The SMILES string of the molecule is NS(=O)(=O)c1ccc(NC(=O)CN2C(=O)SC(=C3CCOCC3)C2=O)cc1. The van der Waals surface area contributed by atoms with Gasteiger partial charge < -0.3 is 10.1 Å². The topological polar surface area (TPSA) is 136 Å². The summed E-state index contributed by atoms with van der Waals surface area (Å²) in [6, 6.07) is 5.24. The molecule has 0 aliphatic carbocycles. The minimum absolute atomic E-state index is 0.0884. The average Bonchev–Trinajstić information content (AvgIpc) is 2.90. The quantitative estimate of drug-likeness (QED) is 0.706. The summed E-state index contributed by atoms with van der Waals surface area (Å²) in [6.45, 7) is 0.598. The van der Waals surface area contributed by atoms with Gasteiger partial charge in [-0.3, -0.25) is 19.3 Å². The Labute approximate surface area is 160 Å². The van der Waals surface area contributed by atoms with E-state index in [2.05, 4.69) is 5.32 Å². The zero-order valence-electron chi connectivity index (χ0n) is 14.1. The molecule has 0 radical (unpaired) electrons. The van der Waals surface area contributed by atoms with Crippen LogP contribution in [0.4, 0.5) is 10.5 Å². The fourth-order valence-electron chi connectivity index (χ4n) is 2.67. The summed E-state index contributed by atoms with van der Waals surface area (Å²) in [4.78, 5) is 38.0. The Hall–Kier alpha value is -2.21. The highest BCUT2D eigenvalue weighted by atomic mass is 32.2. The molecule has 1 aromatic carbocycles. The normalized spacial score (nSPS) is 18.2. The number of amides is 3. The third-order valence-corrected chi connectivity index (χ3v) is 6.03. The first-order valence-electron chi connectivity index (χ1n) is 8.02. The van der Waals surface area contributed by atoms with E-state index in [4.69, 9.17) is 9.88 Å². The molecule has 0 unspecified atom stereocenters. The van der Waals surface area contributed by atoms with Crippen LogP contribution in [0.15, 0.2) is 39.6 Å². The van der Waals surface area contributed by atoms with Crippen molar-refractivity contribution in [2.24, 2.45) is 5.14 Å². The van der Waals surface area contributed by atoms with Crippen LogP contribution in [0.25, 0.3) is 0 Å². The number of nitrogens with zero attached hydrogens (tertiary/aromatic N) is 1. The predicted octanol–water partition coefficient (Wildman–Crippen LogP) is 1.03. The number of ether oxygens (including phenoxy) is 1. The Balaban J connectivity index is 1.65. The van der Waals surface area contributed by atoms with Crippen LogP contribution >= 0.6 is 11.8 Å². The number of benzene rings is 1. The number of imide groups is 1. The number of carbonyl (C=O) groups is 3. The lowest BCUT2D eigenvalue weighted by molar-refractivity contribution is -0.127. The Bertz CT molecular complexity index is 916. The Morgan fingerprint density at radius 2 is 1.81 bits per heavy atom. The zero-order valence-corrected chi connectivity index (χ0v) is 15.8. The van der Waals surface area contributed by atoms with Crippen molar-refractivity contribution >= 4 is 44.5 Å². The van der Waals surface area contributed by atoms with Crippen molar-refractivity contribution in [3.63, 3.8) is 0 Å². The lowest BCUT2D eigenvalue weighted by Gasteiger charge is -2.16. The Morgan fingerprint density at radius 3 is 2.41 bits per heavy atom. The number of hydrogen-bond acceptors (Lipinski definition) is 7. The van der Waals surface area contributed by atoms with Crippen LogP contribution in [-0.4, -0.2) is 50.1 Å². The van der Waals surface area contributed by atoms with Crippen molar-refractivity contribution in [2.75, 3.05) is 25.1 Å². The van der Waals surface area contributed by atoms with Gasteiger partial charge in [-0.2, -0.15) is 0 Å². The molecule has 2 saturated heterocycles. The average molecular weight is 411 g/mol. The van der Waals surface area contributed by atoms with E-state index in [-0.39, 0.29) is 4.90 Å². The smallest absolute Gasteiger partial charge is 0.294 e. The highest BCUT2D eigenvalue weighted by Gasteiger charge is 2.38. The van der Waals surface area contributed by atoms with Gasteiger partial charge in [0.2, 0.25) is 15.9 Å². The number of anilines is 1. The third kappa shape index (κ3) is 4.56. The van der Waals surface area contributed by atoms with Crippen LogP contribution in [-0.2, 0) is 24.3 Å². The van der Waals surface area contributed by atoms with E-state index in [9.17, 15) is 22.8 Å². The lowest BCUT2D eigenvalue weighted by atomic mass is 10.1. The fourth-order valence-corrected chi connectivity index (χ4v) is 4.16. The monoisotopic (exact) mass is 411 g/mol. The van der Waals surface area contributed by atoms with Crippen molar-refractivity contribution in [3.8, 4) is 0 Å². The van der Waals surface area contributed by atoms with Gasteiger partial charge in [-0.05, 0) is 54.4 Å². The molecule has 27 heavy (non-hydrogen) atoms. The summed E-state index contributed by atoms with van der Waals surface area (Å²) >= 11 is 0.842. The molecule has 3 rings (SSSR count). The number of primary sulfonamides is 1. The molecule has 3 amide bonds. The Kier molecular flexibility index (Phi) is 5.65. The van der Waals surface area contributed by atoms with Gasteiger partial charge >= 0.3 is 0 Å². The predicted molar refractivity (Wildman–Crippen MR) is 98.2 cm³/mol. The first-order chi connectivity index (χ1) is 12.8. The van der Waals surface area contributed by atoms with Crippen LogP contribution in [0.3, 0.4) is 0 Å². The molecule has 2 aliphatic heterocycles. The second kappa shape index (κ2) is 7.80. The molecule has 2 fully saturated rings. The van der Waals surface area contributed by atoms with Crippen molar-refractivity contribution in [1.29, 1.82) is 0 Å². The van der Waals surface area contributed by atoms with E-state index in [0.717, 1.165) is 22.2 Å². The number of sulfonamides is 1. The van der Waals surface area contributed by atoms with Crippen molar-refractivity contribution in [1.82, 2.24) is 4.90 Å². The molecule has 3 N–H and O–H groups in total. The number of nitrogens with two attached hydrogens (primary N) is 1. The van der Waals surface area contributed by atoms with Gasteiger partial charge in [0.05, 0.1) is 23.0 Å².